The first kappa shape index (κ1) is 22.4. The summed E-state index contributed by atoms with van der Waals surface area (Å²) in [6, 6.07) is 16.4. The molecule has 0 spiro atoms. The number of carbonyl (C=O) groups is 1. The first-order chi connectivity index (χ1) is 14.4. The first-order valence-electron chi connectivity index (χ1n) is 9.58. The lowest BCUT2D eigenvalue weighted by Crippen LogP contribution is -3.15. The summed E-state index contributed by atoms with van der Waals surface area (Å²) < 4.78 is 27.8. The van der Waals surface area contributed by atoms with Crippen molar-refractivity contribution in [3.63, 3.8) is 0 Å². The van der Waals surface area contributed by atoms with E-state index in [1.54, 1.807) is 30.3 Å². The molecule has 2 N–H and O–H groups in total. The molecule has 2 aromatic rings. The minimum absolute atomic E-state index is 0.196. The van der Waals surface area contributed by atoms with Crippen molar-refractivity contribution in [3.05, 3.63) is 70.7 Å². The average molecular weight is 492 g/mol. The van der Waals surface area contributed by atoms with Crippen molar-refractivity contribution in [1.29, 1.82) is 0 Å². The van der Waals surface area contributed by atoms with Crippen LogP contribution in [0.3, 0.4) is 0 Å². The lowest BCUT2D eigenvalue weighted by molar-refractivity contribution is -0.895. The number of nitrogens with zero attached hydrogens (tertiary/aromatic N) is 2. The normalized spacial score (nSPS) is 16.3. The van der Waals surface area contributed by atoms with Crippen molar-refractivity contribution in [2.75, 3.05) is 32.7 Å². The van der Waals surface area contributed by atoms with Crippen LogP contribution in [0.1, 0.15) is 5.56 Å². The molecule has 30 heavy (non-hydrogen) atoms. The number of hydrogen-bond acceptors (Lipinski definition) is 4. The molecule has 1 aliphatic heterocycles. The highest BCUT2D eigenvalue weighted by Gasteiger charge is 2.31. The summed E-state index contributed by atoms with van der Waals surface area (Å²) in [4.78, 5) is 13.4. The quantitative estimate of drug-likeness (QED) is 0.450. The second kappa shape index (κ2) is 10.6. The number of allylic oxidation sites excluding steroid dienone is 1. The molecular weight excluding hydrogens is 468 g/mol. The van der Waals surface area contributed by atoms with Gasteiger partial charge in [0.15, 0.2) is 6.54 Å². The molecule has 1 fully saturated rings. The van der Waals surface area contributed by atoms with E-state index >= 15 is 0 Å². The van der Waals surface area contributed by atoms with Crippen LogP contribution in [0.15, 0.2) is 75.1 Å². The Balaban J connectivity index is 1.43. The fourth-order valence-electron chi connectivity index (χ4n) is 3.11. The van der Waals surface area contributed by atoms with Gasteiger partial charge in [0.1, 0.15) is 0 Å². The Morgan fingerprint density at radius 2 is 1.77 bits per heavy atom. The molecule has 1 saturated heterocycles. The molecule has 1 amide bonds. The highest BCUT2D eigenvalue weighted by Crippen LogP contribution is 2.18. The number of carbonyl (C=O) groups excluding carboxylic acids is 1. The Hall–Kier alpha value is -2.33. The van der Waals surface area contributed by atoms with Gasteiger partial charge in [0, 0.05) is 10.7 Å². The number of hydrazone groups is 1. The standard InChI is InChI=1S/C21H23BrN4O3S/c22-19-8-10-20(11-9-19)30(28,29)26-15-13-25(14-16-26)17-21(27)24-23-12-4-7-18-5-2-1-3-6-18/h1-12H,13-17H2,(H,24,27)/p+1/b7-4+,23-12-. The number of nitrogens with one attached hydrogen (secondary N) is 2. The van der Waals surface area contributed by atoms with E-state index in [9.17, 15) is 13.2 Å². The lowest BCUT2D eigenvalue weighted by Gasteiger charge is -2.31. The Bertz CT molecular complexity index is 1000. The van der Waals surface area contributed by atoms with E-state index in [-0.39, 0.29) is 17.3 Å². The zero-order chi connectivity index (χ0) is 21.4. The van der Waals surface area contributed by atoms with Gasteiger partial charge in [-0.25, -0.2) is 13.8 Å². The van der Waals surface area contributed by atoms with Crippen molar-refractivity contribution in [2.45, 2.75) is 4.90 Å². The van der Waals surface area contributed by atoms with Crippen molar-refractivity contribution >= 4 is 44.2 Å². The summed E-state index contributed by atoms with van der Waals surface area (Å²) in [6.07, 6.45) is 5.18. The molecule has 7 nitrogen and oxygen atoms in total. The Morgan fingerprint density at radius 1 is 1.10 bits per heavy atom. The van der Waals surface area contributed by atoms with Gasteiger partial charge >= 0.3 is 0 Å². The molecule has 9 heteroatoms. The van der Waals surface area contributed by atoms with E-state index in [0.717, 1.165) is 14.9 Å². The van der Waals surface area contributed by atoms with Crippen LogP contribution >= 0.6 is 15.9 Å². The van der Waals surface area contributed by atoms with Crippen LogP contribution in [0.25, 0.3) is 6.08 Å². The minimum atomic E-state index is -3.51. The van der Waals surface area contributed by atoms with Crippen LogP contribution in [0.5, 0.6) is 0 Å². The van der Waals surface area contributed by atoms with Gasteiger partial charge in [-0.15, -0.1) is 0 Å². The van der Waals surface area contributed by atoms with Crippen LogP contribution in [-0.2, 0) is 14.8 Å². The molecule has 2 aromatic carbocycles. The van der Waals surface area contributed by atoms with Gasteiger partial charge in [-0.05, 0) is 35.9 Å². The van der Waals surface area contributed by atoms with Crippen molar-refractivity contribution < 1.29 is 18.1 Å². The number of benzene rings is 2. The molecule has 0 saturated carbocycles. The number of amides is 1. The molecule has 1 heterocycles. The molecule has 0 radical (unpaired) electrons. The largest absolute Gasteiger partial charge is 0.325 e. The predicted molar refractivity (Wildman–Crippen MR) is 121 cm³/mol. The maximum Gasteiger partial charge on any atom is 0.295 e. The Labute approximate surface area is 185 Å². The fourth-order valence-corrected chi connectivity index (χ4v) is 4.82. The summed E-state index contributed by atoms with van der Waals surface area (Å²) in [5, 5.41) is 3.92. The Kier molecular flexibility index (Phi) is 7.92. The van der Waals surface area contributed by atoms with Crippen LogP contribution < -0.4 is 10.3 Å². The molecule has 158 valence electrons. The molecule has 1 aliphatic rings. The summed E-state index contributed by atoms with van der Waals surface area (Å²) in [5.41, 5.74) is 3.56. The SMILES string of the molecule is O=C(C[NH+]1CCN(S(=O)(=O)c2ccc(Br)cc2)CC1)N/N=C\C=C\c1ccccc1. The Morgan fingerprint density at radius 3 is 2.43 bits per heavy atom. The highest BCUT2D eigenvalue weighted by atomic mass is 79.9. The monoisotopic (exact) mass is 491 g/mol. The number of hydrogen-bond donors (Lipinski definition) is 2. The third-order valence-electron chi connectivity index (χ3n) is 4.73. The molecule has 0 aliphatic carbocycles. The van der Waals surface area contributed by atoms with Gasteiger partial charge in [0.05, 0.1) is 31.1 Å². The topological polar surface area (TPSA) is 83.3 Å². The second-order valence-electron chi connectivity index (χ2n) is 6.87. The zero-order valence-corrected chi connectivity index (χ0v) is 18.8. The van der Waals surface area contributed by atoms with Crippen LogP contribution in [0, 0.1) is 0 Å². The molecule has 0 atom stereocenters. The minimum Gasteiger partial charge on any atom is -0.325 e. The van der Waals surface area contributed by atoms with E-state index in [1.807, 2.05) is 36.4 Å². The molecule has 0 bridgehead atoms. The van der Waals surface area contributed by atoms with Crippen molar-refractivity contribution in [3.8, 4) is 0 Å². The maximum absolute atomic E-state index is 12.7. The number of sulfonamides is 1. The molecular formula is C21H24BrN4O3S+. The fraction of sp³-hybridized carbons (Fsp3) is 0.238. The van der Waals surface area contributed by atoms with E-state index in [0.29, 0.717) is 26.2 Å². The zero-order valence-electron chi connectivity index (χ0n) is 16.4. The van der Waals surface area contributed by atoms with Crippen LogP contribution in [-0.4, -0.2) is 57.6 Å². The van der Waals surface area contributed by atoms with Crippen molar-refractivity contribution in [2.24, 2.45) is 5.10 Å². The second-order valence-corrected chi connectivity index (χ2v) is 9.72. The third kappa shape index (κ3) is 6.33. The van der Waals surface area contributed by atoms with E-state index in [2.05, 4.69) is 26.5 Å². The summed E-state index contributed by atoms with van der Waals surface area (Å²) in [7, 11) is -3.51. The molecule has 0 unspecified atom stereocenters. The van der Waals surface area contributed by atoms with Gasteiger partial charge in [-0.3, -0.25) is 4.79 Å². The summed E-state index contributed by atoms with van der Waals surface area (Å²) in [5.74, 6) is -0.196. The summed E-state index contributed by atoms with van der Waals surface area (Å²) >= 11 is 3.31. The number of quaternary nitrogens is 1. The van der Waals surface area contributed by atoms with Crippen LogP contribution in [0.2, 0.25) is 0 Å². The summed E-state index contributed by atoms with van der Waals surface area (Å²) in [6.45, 7) is 2.15. The molecule has 3 rings (SSSR count). The van der Waals surface area contributed by atoms with Gasteiger partial charge < -0.3 is 4.90 Å². The first-order valence-corrected chi connectivity index (χ1v) is 11.8. The van der Waals surface area contributed by atoms with Gasteiger partial charge in [-0.1, -0.05) is 52.3 Å². The van der Waals surface area contributed by atoms with Crippen molar-refractivity contribution in [1.82, 2.24) is 9.73 Å². The van der Waals surface area contributed by atoms with Gasteiger partial charge in [0.2, 0.25) is 10.0 Å². The predicted octanol–water partition coefficient (Wildman–Crippen LogP) is 1.15. The van der Waals surface area contributed by atoms with E-state index in [4.69, 9.17) is 0 Å². The average Bonchev–Trinajstić information content (AvgIpc) is 2.75. The highest BCUT2D eigenvalue weighted by molar-refractivity contribution is 9.10. The maximum atomic E-state index is 12.7. The smallest absolute Gasteiger partial charge is 0.295 e. The number of piperazine rings is 1. The van der Waals surface area contributed by atoms with E-state index in [1.165, 1.54) is 10.5 Å². The van der Waals surface area contributed by atoms with Gasteiger partial charge in [0.25, 0.3) is 5.91 Å². The molecule has 0 aromatic heterocycles. The lowest BCUT2D eigenvalue weighted by atomic mass is 10.2. The number of rotatable bonds is 7. The third-order valence-corrected chi connectivity index (χ3v) is 7.17. The number of halogens is 1. The van der Waals surface area contributed by atoms with Crippen LogP contribution in [0.4, 0.5) is 0 Å². The van der Waals surface area contributed by atoms with Gasteiger partial charge in [-0.2, -0.15) is 9.41 Å². The van der Waals surface area contributed by atoms with E-state index < -0.39 is 10.0 Å².